The fourth-order valence-electron chi connectivity index (χ4n) is 3.34. The normalized spacial score (nSPS) is 17.1. The van der Waals surface area contributed by atoms with Crippen molar-refractivity contribution in [3.63, 3.8) is 0 Å². The average Bonchev–Trinajstić information content (AvgIpc) is 2.68. The summed E-state index contributed by atoms with van der Waals surface area (Å²) in [5.41, 5.74) is 1.18. The van der Waals surface area contributed by atoms with E-state index in [2.05, 4.69) is 15.0 Å². The average molecular weight is 420 g/mol. The Morgan fingerprint density at radius 3 is 2.90 bits per heavy atom. The second-order valence-electron chi connectivity index (χ2n) is 7.24. The number of rotatable bonds is 6. The predicted molar refractivity (Wildman–Crippen MR) is 110 cm³/mol. The standard InChI is InChI=1S/C19H25N5O4S/c1-29(27,28)21-12-16-6-3-9-24(14-16)19(26)22-17-7-2-5-15(11-17)13-23-10-4-8-20-18(23)25/h2,4-5,7-8,10-11,16,21H,3,6,9,12-14H2,1H3,(H,22,26). The van der Waals surface area contributed by atoms with Crippen molar-refractivity contribution in [2.24, 2.45) is 5.92 Å². The molecule has 0 bridgehead atoms. The van der Waals surface area contributed by atoms with Gasteiger partial charge in [-0.05, 0) is 42.5 Å². The van der Waals surface area contributed by atoms with E-state index in [4.69, 9.17) is 0 Å². The molecule has 1 aliphatic rings. The van der Waals surface area contributed by atoms with Crippen molar-refractivity contribution >= 4 is 21.7 Å². The molecule has 156 valence electrons. The highest BCUT2D eigenvalue weighted by molar-refractivity contribution is 7.88. The minimum Gasteiger partial charge on any atom is -0.324 e. The van der Waals surface area contributed by atoms with Crippen LogP contribution in [0.15, 0.2) is 47.5 Å². The first kappa shape index (κ1) is 21.0. The van der Waals surface area contributed by atoms with Crippen molar-refractivity contribution < 1.29 is 13.2 Å². The van der Waals surface area contributed by atoms with Gasteiger partial charge in [0.2, 0.25) is 10.0 Å². The van der Waals surface area contributed by atoms with Crippen LogP contribution in [0.3, 0.4) is 0 Å². The number of aromatic nitrogens is 2. The smallest absolute Gasteiger partial charge is 0.324 e. The Labute approximate surface area is 169 Å². The zero-order chi connectivity index (χ0) is 20.9. The minimum absolute atomic E-state index is 0.0908. The molecule has 1 aliphatic heterocycles. The molecule has 29 heavy (non-hydrogen) atoms. The lowest BCUT2D eigenvalue weighted by Crippen LogP contribution is -2.45. The maximum absolute atomic E-state index is 12.6. The quantitative estimate of drug-likeness (QED) is 0.728. The van der Waals surface area contributed by atoms with Crippen LogP contribution < -0.4 is 15.7 Å². The molecule has 0 radical (unpaired) electrons. The fourth-order valence-corrected chi connectivity index (χ4v) is 3.88. The number of nitrogens with zero attached hydrogens (tertiary/aromatic N) is 3. The SMILES string of the molecule is CS(=O)(=O)NCC1CCCN(C(=O)Nc2cccc(Cn3cccnc3=O)c2)C1. The summed E-state index contributed by atoms with van der Waals surface area (Å²) in [6, 6.07) is 8.79. The number of piperidine rings is 1. The van der Waals surface area contributed by atoms with Gasteiger partial charge in [-0.1, -0.05) is 12.1 Å². The van der Waals surface area contributed by atoms with Gasteiger partial charge in [-0.2, -0.15) is 0 Å². The highest BCUT2D eigenvalue weighted by Gasteiger charge is 2.24. The molecule has 2 heterocycles. The largest absolute Gasteiger partial charge is 0.347 e. The molecule has 0 aliphatic carbocycles. The van der Waals surface area contributed by atoms with E-state index >= 15 is 0 Å². The van der Waals surface area contributed by atoms with Crippen molar-refractivity contribution in [3.05, 3.63) is 58.8 Å². The van der Waals surface area contributed by atoms with Gasteiger partial charge in [0.1, 0.15) is 0 Å². The summed E-state index contributed by atoms with van der Waals surface area (Å²) in [6.07, 6.45) is 5.95. The number of benzene rings is 1. The molecule has 1 atom stereocenters. The Hall–Kier alpha value is -2.72. The van der Waals surface area contributed by atoms with E-state index in [9.17, 15) is 18.0 Å². The lowest BCUT2D eigenvalue weighted by atomic mass is 9.99. The number of anilines is 1. The second kappa shape index (κ2) is 9.19. The molecule has 2 N–H and O–H groups in total. The number of hydrogen-bond acceptors (Lipinski definition) is 5. The van der Waals surface area contributed by atoms with Crippen LogP contribution in [-0.2, 0) is 16.6 Å². The molecule has 10 heteroatoms. The van der Waals surface area contributed by atoms with Crippen LogP contribution in [0, 0.1) is 5.92 Å². The first-order chi connectivity index (χ1) is 13.8. The van der Waals surface area contributed by atoms with Gasteiger partial charge in [0.15, 0.2) is 0 Å². The van der Waals surface area contributed by atoms with E-state index in [0.717, 1.165) is 24.7 Å². The molecule has 2 amide bonds. The molecular formula is C19H25N5O4S. The highest BCUT2D eigenvalue weighted by atomic mass is 32.2. The van der Waals surface area contributed by atoms with Gasteiger partial charge < -0.3 is 10.2 Å². The number of carbonyl (C=O) groups excluding carboxylic acids is 1. The first-order valence-corrected chi connectivity index (χ1v) is 11.3. The molecule has 9 nitrogen and oxygen atoms in total. The van der Waals surface area contributed by atoms with Crippen LogP contribution in [0.25, 0.3) is 0 Å². The van der Waals surface area contributed by atoms with Crippen LogP contribution in [0.1, 0.15) is 18.4 Å². The van der Waals surface area contributed by atoms with E-state index in [1.54, 1.807) is 23.2 Å². The Morgan fingerprint density at radius 2 is 2.14 bits per heavy atom. The van der Waals surface area contributed by atoms with Crippen molar-refractivity contribution in [1.82, 2.24) is 19.2 Å². The summed E-state index contributed by atoms with van der Waals surface area (Å²) >= 11 is 0. The van der Waals surface area contributed by atoms with Crippen molar-refractivity contribution in [2.75, 3.05) is 31.2 Å². The fraction of sp³-hybridized carbons (Fsp3) is 0.421. The number of likely N-dealkylation sites (tertiary alicyclic amines) is 1. The lowest BCUT2D eigenvalue weighted by Gasteiger charge is -2.32. The van der Waals surface area contributed by atoms with Crippen molar-refractivity contribution in [1.29, 1.82) is 0 Å². The highest BCUT2D eigenvalue weighted by Crippen LogP contribution is 2.18. The maximum atomic E-state index is 12.6. The van der Waals surface area contributed by atoms with Gasteiger partial charge in [-0.25, -0.2) is 27.7 Å². The molecule has 1 unspecified atom stereocenters. The van der Waals surface area contributed by atoms with Gasteiger partial charge in [-0.15, -0.1) is 0 Å². The van der Waals surface area contributed by atoms with Crippen molar-refractivity contribution in [2.45, 2.75) is 19.4 Å². The molecule has 0 saturated carbocycles. The van der Waals surface area contributed by atoms with Crippen molar-refractivity contribution in [3.8, 4) is 0 Å². The van der Waals surface area contributed by atoms with E-state index < -0.39 is 10.0 Å². The zero-order valence-corrected chi connectivity index (χ0v) is 17.1. The van der Waals surface area contributed by atoms with Gasteiger partial charge in [0.05, 0.1) is 12.8 Å². The Balaban J connectivity index is 1.60. The van der Waals surface area contributed by atoms with Gasteiger partial charge in [0, 0.05) is 37.7 Å². The van der Waals surface area contributed by atoms with E-state index in [0.29, 0.717) is 31.9 Å². The molecule has 1 saturated heterocycles. The van der Waals surface area contributed by atoms with E-state index in [1.165, 1.54) is 10.8 Å². The summed E-state index contributed by atoms with van der Waals surface area (Å²) in [5, 5.41) is 2.89. The van der Waals surface area contributed by atoms with Crippen LogP contribution >= 0.6 is 0 Å². The minimum atomic E-state index is -3.24. The number of sulfonamides is 1. The maximum Gasteiger partial charge on any atom is 0.347 e. The summed E-state index contributed by atoms with van der Waals surface area (Å²) in [6.45, 7) is 1.82. The number of carbonyl (C=O) groups is 1. The number of urea groups is 1. The third-order valence-electron chi connectivity index (χ3n) is 4.75. The van der Waals surface area contributed by atoms with Gasteiger partial charge in [0.25, 0.3) is 0 Å². The molecule has 1 aromatic carbocycles. The predicted octanol–water partition coefficient (Wildman–Crippen LogP) is 1.08. The molecule has 1 aromatic heterocycles. The Kier molecular flexibility index (Phi) is 6.65. The van der Waals surface area contributed by atoms with Crippen LogP contribution in [0.4, 0.5) is 10.5 Å². The molecule has 3 rings (SSSR count). The van der Waals surface area contributed by atoms with Crippen LogP contribution in [-0.4, -0.2) is 54.8 Å². The van der Waals surface area contributed by atoms with E-state index in [-0.39, 0.29) is 17.6 Å². The monoisotopic (exact) mass is 419 g/mol. The van der Waals surface area contributed by atoms with Gasteiger partial charge >= 0.3 is 11.7 Å². The number of hydrogen-bond donors (Lipinski definition) is 2. The molecule has 0 spiro atoms. The Bertz CT molecular complexity index is 1020. The second-order valence-corrected chi connectivity index (χ2v) is 9.07. The summed E-state index contributed by atoms with van der Waals surface area (Å²) < 4.78 is 26.6. The number of amides is 2. The third-order valence-corrected chi connectivity index (χ3v) is 5.45. The summed E-state index contributed by atoms with van der Waals surface area (Å²) in [5.74, 6) is 0.0908. The van der Waals surface area contributed by atoms with E-state index in [1.807, 2.05) is 18.2 Å². The third kappa shape index (κ3) is 6.40. The number of nitrogens with one attached hydrogen (secondary N) is 2. The molecule has 1 fully saturated rings. The Morgan fingerprint density at radius 1 is 1.31 bits per heavy atom. The summed E-state index contributed by atoms with van der Waals surface area (Å²) in [4.78, 5) is 29.9. The molecular weight excluding hydrogens is 394 g/mol. The van der Waals surface area contributed by atoms with Crippen LogP contribution in [0.5, 0.6) is 0 Å². The lowest BCUT2D eigenvalue weighted by molar-refractivity contribution is 0.178. The topological polar surface area (TPSA) is 113 Å². The first-order valence-electron chi connectivity index (χ1n) is 9.41. The molecule has 2 aromatic rings. The van der Waals surface area contributed by atoms with Crippen LogP contribution in [0.2, 0.25) is 0 Å². The zero-order valence-electron chi connectivity index (χ0n) is 16.2. The van der Waals surface area contributed by atoms with Gasteiger partial charge in [-0.3, -0.25) is 4.57 Å². The summed E-state index contributed by atoms with van der Waals surface area (Å²) in [7, 11) is -3.24.